The molecule has 82 valence electrons. The zero-order chi connectivity index (χ0) is 10.7. The highest BCUT2D eigenvalue weighted by Gasteiger charge is 2.31. The van der Waals surface area contributed by atoms with Gasteiger partial charge in [0.05, 0.1) is 6.54 Å². The minimum atomic E-state index is 0.155. The average Bonchev–Trinajstić information content (AvgIpc) is 1.93. The van der Waals surface area contributed by atoms with Crippen molar-refractivity contribution in [2.45, 2.75) is 32.7 Å². The molecular formula is C11H22N2O. The van der Waals surface area contributed by atoms with Gasteiger partial charge in [-0.2, -0.15) is 0 Å². The molecule has 3 nitrogen and oxygen atoms in total. The second-order valence-corrected chi connectivity index (χ2v) is 4.98. The maximum Gasteiger partial charge on any atom is 0.234 e. The van der Waals surface area contributed by atoms with Crippen LogP contribution in [0.3, 0.4) is 0 Å². The summed E-state index contributed by atoms with van der Waals surface area (Å²) in [6.07, 6.45) is 2.33. The third-order valence-corrected chi connectivity index (χ3v) is 2.94. The smallest absolute Gasteiger partial charge is 0.234 e. The van der Waals surface area contributed by atoms with Crippen LogP contribution in [0.2, 0.25) is 0 Å². The number of nitrogens with one attached hydrogen (secondary N) is 1. The molecule has 0 spiro atoms. The maximum absolute atomic E-state index is 11.4. The van der Waals surface area contributed by atoms with Crippen molar-refractivity contribution in [1.29, 1.82) is 0 Å². The Bertz CT molecular complexity index is 195. The van der Waals surface area contributed by atoms with Gasteiger partial charge in [-0.1, -0.05) is 13.8 Å². The van der Waals surface area contributed by atoms with Gasteiger partial charge >= 0.3 is 0 Å². The summed E-state index contributed by atoms with van der Waals surface area (Å²) in [6.45, 7) is 5.01. The van der Waals surface area contributed by atoms with Gasteiger partial charge in [0.15, 0.2) is 0 Å². The van der Waals surface area contributed by atoms with Crippen LogP contribution in [0.1, 0.15) is 26.7 Å². The molecule has 0 aromatic heterocycles. The number of hydrogen-bond donors (Lipinski definition) is 1. The van der Waals surface area contributed by atoms with Crippen molar-refractivity contribution >= 4 is 5.91 Å². The fourth-order valence-electron chi connectivity index (χ4n) is 1.88. The summed E-state index contributed by atoms with van der Waals surface area (Å²) < 4.78 is 0. The van der Waals surface area contributed by atoms with E-state index in [0.717, 1.165) is 24.7 Å². The first-order chi connectivity index (χ1) is 6.49. The Labute approximate surface area is 86.9 Å². The van der Waals surface area contributed by atoms with E-state index in [4.69, 9.17) is 0 Å². The molecule has 1 amide bonds. The quantitative estimate of drug-likeness (QED) is 0.733. The first-order valence-electron chi connectivity index (χ1n) is 5.43. The van der Waals surface area contributed by atoms with Crippen molar-refractivity contribution in [1.82, 2.24) is 10.2 Å². The molecule has 0 heterocycles. The topological polar surface area (TPSA) is 32.3 Å². The zero-order valence-electron chi connectivity index (χ0n) is 9.71. The van der Waals surface area contributed by atoms with Crippen LogP contribution >= 0.6 is 0 Å². The number of carbonyl (C=O) groups is 1. The van der Waals surface area contributed by atoms with E-state index in [1.807, 2.05) is 19.0 Å². The average molecular weight is 198 g/mol. The van der Waals surface area contributed by atoms with E-state index in [-0.39, 0.29) is 5.91 Å². The van der Waals surface area contributed by atoms with Crippen molar-refractivity contribution < 1.29 is 4.79 Å². The molecule has 0 radical (unpaired) electrons. The zero-order valence-corrected chi connectivity index (χ0v) is 9.71. The number of amides is 1. The Hall–Kier alpha value is -0.570. The first kappa shape index (κ1) is 11.5. The van der Waals surface area contributed by atoms with Crippen LogP contribution in [0.5, 0.6) is 0 Å². The number of likely N-dealkylation sites (N-methyl/N-ethyl adjacent to an activating group) is 1. The summed E-state index contributed by atoms with van der Waals surface area (Å²) >= 11 is 0. The second kappa shape index (κ2) is 4.78. The molecule has 0 saturated heterocycles. The number of hydrogen-bond acceptors (Lipinski definition) is 2. The maximum atomic E-state index is 11.4. The molecule has 14 heavy (non-hydrogen) atoms. The van der Waals surface area contributed by atoms with Gasteiger partial charge in [-0.3, -0.25) is 4.79 Å². The van der Waals surface area contributed by atoms with Gasteiger partial charge in [-0.05, 0) is 38.8 Å². The summed E-state index contributed by atoms with van der Waals surface area (Å²) in [4.78, 5) is 13.3. The molecule has 0 unspecified atom stereocenters. The van der Waals surface area contributed by atoms with Crippen molar-refractivity contribution in [3.8, 4) is 0 Å². The molecule has 0 atom stereocenters. The lowest BCUT2D eigenvalue weighted by atomic mass is 9.74. The van der Waals surface area contributed by atoms with Gasteiger partial charge in [0.25, 0.3) is 0 Å². The van der Waals surface area contributed by atoms with Gasteiger partial charge in [0.1, 0.15) is 0 Å². The molecular weight excluding hydrogens is 176 g/mol. The molecule has 1 aliphatic carbocycles. The Kier molecular flexibility index (Phi) is 3.93. The van der Waals surface area contributed by atoms with E-state index in [0.29, 0.717) is 12.6 Å². The summed E-state index contributed by atoms with van der Waals surface area (Å²) in [7, 11) is 3.83. The van der Waals surface area contributed by atoms with Crippen LogP contribution < -0.4 is 5.32 Å². The lowest BCUT2D eigenvalue weighted by Crippen LogP contribution is -2.48. The largest absolute Gasteiger partial charge is 0.352 e. The van der Waals surface area contributed by atoms with Crippen LogP contribution in [0.4, 0.5) is 0 Å². The summed E-state index contributed by atoms with van der Waals surface area (Å²) in [5, 5.41) is 3.05. The van der Waals surface area contributed by atoms with Gasteiger partial charge in [-0.15, -0.1) is 0 Å². The Morgan fingerprint density at radius 3 is 2.43 bits per heavy atom. The highest BCUT2D eigenvalue weighted by molar-refractivity contribution is 5.78. The molecule has 1 fully saturated rings. The van der Waals surface area contributed by atoms with Crippen molar-refractivity contribution in [2.24, 2.45) is 11.8 Å². The molecule has 3 heteroatoms. The van der Waals surface area contributed by atoms with Gasteiger partial charge in [0.2, 0.25) is 5.91 Å². The monoisotopic (exact) mass is 198 g/mol. The number of rotatable bonds is 4. The standard InChI is InChI=1S/C11H22N2O/c1-8(2)9-5-10(6-9)12-11(14)7-13(3)4/h8-10H,5-7H2,1-4H3,(H,12,14)/t9-,10-. The van der Waals surface area contributed by atoms with Crippen molar-refractivity contribution in [2.75, 3.05) is 20.6 Å². The Morgan fingerprint density at radius 2 is 2.00 bits per heavy atom. The van der Waals surface area contributed by atoms with Crippen LogP contribution in [0.25, 0.3) is 0 Å². The minimum Gasteiger partial charge on any atom is -0.352 e. The van der Waals surface area contributed by atoms with E-state index < -0.39 is 0 Å². The van der Waals surface area contributed by atoms with Gasteiger partial charge < -0.3 is 10.2 Å². The van der Waals surface area contributed by atoms with E-state index in [9.17, 15) is 4.79 Å². The lowest BCUT2D eigenvalue weighted by Gasteiger charge is -2.38. The van der Waals surface area contributed by atoms with Crippen LogP contribution in [-0.4, -0.2) is 37.5 Å². The molecule has 1 rings (SSSR count). The predicted octanol–water partition coefficient (Wildman–Crippen LogP) is 1.10. The van der Waals surface area contributed by atoms with E-state index in [2.05, 4.69) is 19.2 Å². The van der Waals surface area contributed by atoms with Crippen LogP contribution in [-0.2, 0) is 4.79 Å². The fraction of sp³-hybridized carbons (Fsp3) is 0.909. The summed E-state index contributed by atoms with van der Waals surface area (Å²) in [5.74, 6) is 1.74. The Balaban J connectivity index is 2.13. The second-order valence-electron chi connectivity index (χ2n) is 4.98. The van der Waals surface area contributed by atoms with E-state index >= 15 is 0 Å². The number of carbonyl (C=O) groups excluding carboxylic acids is 1. The summed E-state index contributed by atoms with van der Waals surface area (Å²) in [6, 6.07) is 0.440. The van der Waals surface area contributed by atoms with Crippen LogP contribution in [0, 0.1) is 11.8 Å². The first-order valence-corrected chi connectivity index (χ1v) is 5.43. The minimum absolute atomic E-state index is 0.155. The predicted molar refractivity (Wildman–Crippen MR) is 58.0 cm³/mol. The molecule has 0 bridgehead atoms. The number of nitrogens with zero attached hydrogens (tertiary/aromatic N) is 1. The molecule has 0 aliphatic heterocycles. The third-order valence-electron chi connectivity index (χ3n) is 2.94. The Morgan fingerprint density at radius 1 is 1.43 bits per heavy atom. The molecule has 0 aromatic carbocycles. The van der Waals surface area contributed by atoms with Gasteiger partial charge in [0, 0.05) is 6.04 Å². The van der Waals surface area contributed by atoms with Gasteiger partial charge in [-0.25, -0.2) is 0 Å². The van der Waals surface area contributed by atoms with Crippen molar-refractivity contribution in [3.05, 3.63) is 0 Å². The fourth-order valence-corrected chi connectivity index (χ4v) is 1.88. The lowest BCUT2D eigenvalue weighted by molar-refractivity contribution is -0.123. The molecule has 1 saturated carbocycles. The highest BCUT2D eigenvalue weighted by Crippen LogP contribution is 2.33. The van der Waals surface area contributed by atoms with E-state index in [1.54, 1.807) is 0 Å². The molecule has 1 N–H and O–H groups in total. The molecule has 0 aromatic rings. The third kappa shape index (κ3) is 3.29. The van der Waals surface area contributed by atoms with Crippen molar-refractivity contribution in [3.63, 3.8) is 0 Å². The summed E-state index contributed by atoms with van der Waals surface area (Å²) in [5.41, 5.74) is 0. The highest BCUT2D eigenvalue weighted by atomic mass is 16.2. The van der Waals surface area contributed by atoms with E-state index in [1.165, 1.54) is 0 Å². The van der Waals surface area contributed by atoms with Crippen LogP contribution in [0.15, 0.2) is 0 Å². The SMILES string of the molecule is CC(C)[C@H]1C[C@H](NC(=O)CN(C)C)C1. The molecule has 1 aliphatic rings. The normalized spacial score (nSPS) is 26.4.